The molecule has 0 aliphatic carbocycles. The van der Waals surface area contributed by atoms with Gasteiger partial charge < -0.3 is 15.0 Å². The highest BCUT2D eigenvalue weighted by Gasteiger charge is 2.13. The Morgan fingerprint density at radius 3 is 2.61 bits per heavy atom. The standard InChI is InChI=1S/C19H22N2O2/c1-15-7-8-17(21-9-11-23-12-10-21)14-18(15)20-19(22)13-16-5-3-2-4-6-16/h2-8,14H,9-13H2,1H3,(H,20,22). The van der Waals surface area contributed by atoms with Crippen LogP contribution in [0.4, 0.5) is 11.4 Å². The number of aryl methyl sites for hydroxylation is 1. The lowest BCUT2D eigenvalue weighted by Crippen LogP contribution is -2.36. The number of ether oxygens (including phenoxy) is 1. The molecule has 1 aliphatic heterocycles. The zero-order valence-corrected chi connectivity index (χ0v) is 13.4. The number of carbonyl (C=O) groups excluding carboxylic acids is 1. The fourth-order valence-electron chi connectivity index (χ4n) is 2.74. The zero-order chi connectivity index (χ0) is 16.1. The molecule has 0 aromatic heterocycles. The van der Waals surface area contributed by atoms with Crippen molar-refractivity contribution < 1.29 is 9.53 Å². The van der Waals surface area contributed by atoms with Gasteiger partial charge in [0.1, 0.15) is 0 Å². The number of hydrogen-bond acceptors (Lipinski definition) is 3. The van der Waals surface area contributed by atoms with E-state index in [1.807, 2.05) is 37.3 Å². The number of benzene rings is 2. The van der Waals surface area contributed by atoms with E-state index in [-0.39, 0.29) is 5.91 Å². The van der Waals surface area contributed by atoms with Gasteiger partial charge in [-0.05, 0) is 30.2 Å². The molecule has 4 nitrogen and oxygen atoms in total. The van der Waals surface area contributed by atoms with E-state index in [0.717, 1.165) is 48.8 Å². The van der Waals surface area contributed by atoms with Crippen molar-refractivity contribution in [3.05, 3.63) is 59.7 Å². The molecule has 3 rings (SSSR count). The fourth-order valence-corrected chi connectivity index (χ4v) is 2.74. The second-order valence-corrected chi connectivity index (χ2v) is 5.81. The topological polar surface area (TPSA) is 41.6 Å². The van der Waals surface area contributed by atoms with Crippen LogP contribution in [-0.2, 0) is 16.0 Å². The minimum Gasteiger partial charge on any atom is -0.378 e. The molecule has 2 aromatic carbocycles. The van der Waals surface area contributed by atoms with E-state index in [0.29, 0.717) is 6.42 Å². The zero-order valence-electron chi connectivity index (χ0n) is 13.4. The van der Waals surface area contributed by atoms with Crippen LogP contribution in [0.25, 0.3) is 0 Å². The summed E-state index contributed by atoms with van der Waals surface area (Å²) in [6.07, 6.45) is 0.391. The number of morpholine rings is 1. The van der Waals surface area contributed by atoms with Gasteiger partial charge in [0.25, 0.3) is 0 Å². The van der Waals surface area contributed by atoms with Crippen molar-refractivity contribution in [3.8, 4) is 0 Å². The maximum atomic E-state index is 12.3. The van der Waals surface area contributed by atoms with Crippen LogP contribution in [0, 0.1) is 6.92 Å². The first-order valence-corrected chi connectivity index (χ1v) is 7.99. The highest BCUT2D eigenvalue weighted by Crippen LogP contribution is 2.24. The molecule has 0 bridgehead atoms. The maximum absolute atomic E-state index is 12.3. The molecule has 1 amide bonds. The summed E-state index contributed by atoms with van der Waals surface area (Å²) in [6, 6.07) is 16.0. The van der Waals surface area contributed by atoms with Crippen molar-refractivity contribution in [2.24, 2.45) is 0 Å². The molecule has 1 aliphatic rings. The first kappa shape index (κ1) is 15.6. The van der Waals surface area contributed by atoms with Crippen LogP contribution in [0.5, 0.6) is 0 Å². The molecule has 0 spiro atoms. The Bertz CT molecular complexity index is 664. The first-order chi connectivity index (χ1) is 11.2. The van der Waals surface area contributed by atoms with Gasteiger partial charge in [-0.2, -0.15) is 0 Å². The summed E-state index contributed by atoms with van der Waals surface area (Å²) in [4.78, 5) is 14.6. The summed E-state index contributed by atoms with van der Waals surface area (Å²) in [6.45, 7) is 5.30. The first-order valence-electron chi connectivity index (χ1n) is 7.99. The van der Waals surface area contributed by atoms with Crippen LogP contribution in [0.3, 0.4) is 0 Å². The Hall–Kier alpha value is -2.33. The third-order valence-corrected chi connectivity index (χ3v) is 4.08. The Morgan fingerprint density at radius 2 is 1.87 bits per heavy atom. The van der Waals surface area contributed by atoms with E-state index in [9.17, 15) is 4.79 Å². The lowest BCUT2D eigenvalue weighted by molar-refractivity contribution is -0.115. The molecule has 1 saturated heterocycles. The molecule has 0 saturated carbocycles. The van der Waals surface area contributed by atoms with Crippen molar-refractivity contribution >= 4 is 17.3 Å². The molecular weight excluding hydrogens is 288 g/mol. The van der Waals surface area contributed by atoms with Crippen molar-refractivity contribution in [1.82, 2.24) is 0 Å². The van der Waals surface area contributed by atoms with E-state index in [1.165, 1.54) is 0 Å². The Morgan fingerprint density at radius 1 is 1.13 bits per heavy atom. The van der Waals surface area contributed by atoms with Gasteiger partial charge in [0.2, 0.25) is 5.91 Å². The fraction of sp³-hybridized carbons (Fsp3) is 0.316. The quantitative estimate of drug-likeness (QED) is 0.944. The molecule has 4 heteroatoms. The van der Waals surface area contributed by atoms with E-state index in [2.05, 4.69) is 28.4 Å². The highest BCUT2D eigenvalue weighted by molar-refractivity contribution is 5.93. The van der Waals surface area contributed by atoms with Crippen molar-refractivity contribution in [2.45, 2.75) is 13.3 Å². The molecule has 1 heterocycles. The van der Waals surface area contributed by atoms with E-state index in [1.54, 1.807) is 0 Å². The maximum Gasteiger partial charge on any atom is 0.228 e. The number of carbonyl (C=O) groups is 1. The summed E-state index contributed by atoms with van der Waals surface area (Å²) in [7, 11) is 0. The van der Waals surface area contributed by atoms with Crippen LogP contribution in [0.2, 0.25) is 0 Å². The molecule has 1 fully saturated rings. The average molecular weight is 310 g/mol. The monoisotopic (exact) mass is 310 g/mol. The highest BCUT2D eigenvalue weighted by atomic mass is 16.5. The summed E-state index contributed by atoms with van der Waals surface area (Å²) in [5.41, 5.74) is 4.11. The van der Waals surface area contributed by atoms with Crippen LogP contribution in [-0.4, -0.2) is 32.2 Å². The molecule has 0 unspecified atom stereocenters. The molecule has 23 heavy (non-hydrogen) atoms. The van der Waals surface area contributed by atoms with Crippen LogP contribution in [0.15, 0.2) is 48.5 Å². The Balaban J connectivity index is 1.70. The van der Waals surface area contributed by atoms with Crippen LogP contribution in [0.1, 0.15) is 11.1 Å². The van der Waals surface area contributed by atoms with Gasteiger partial charge >= 0.3 is 0 Å². The molecule has 2 aromatic rings. The van der Waals surface area contributed by atoms with Crippen molar-refractivity contribution in [1.29, 1.82) is 0 Å². The predicted octanol–water partition coefficient (Wildman–Crippen LogP) is 3.01. The minimum absolute atomic E-state index is 0.0124. The van der Waals surface area contributed by atoms with E-state index in [4.69, 9.17) is 4.74 Å². The van der Waals surface area contributed by atoms with Gasteiger partial charge in [-0.3, -0.25) is 4.79 Å². The largest absolute Gasteiger partial charge is 0.378 e. The summed E-state index contributed by atoms with van der Waals surface area (Å²) in [5.74, 6) is 0.0124. The van der Waals surface area contributed by atoms with Gasteiger partial charge in [-0.1, -0.05) is 36.4 Å². The second kappa shape index (κ2) is 7.29. The average Bonchev–Trinajstić information content (AvgIpc) is 2.58. The van der Waals surface area contributed by atoms with Gasteiger partial charge in [-0.15, -0.1) is 0 Å². The van der Waals surface area contributed by atoms with E-state index >= 15 is 0 Å². The molecule has 120 valence electrons. The lowest BCUT2D eigenvalue weighted by Gasteiger charge is -2.29. The summed E-state index contributed by atoms with van der Waals surface area (Å²) < 4.78 is 5.39. The van der Waals surface area contributed by atoms with Crippen LogP contribution >= 0.6 is 0 Å². The summed E-state index contributed by atoms with van der Waals surface area (Å²) in [5, 5.41) is 3.04. The minimum atomic E-state index is 0.0124. The number of nitrogens with zero attached hydrogens (tertiary/aromatic N) is 1. The number of nitrogens with one attached hydrogen (secondary N) is 1. The second-order valence-electron chi connectivity index (χ2n) is 5.81. The normalized spacial score (nSPS) is 14.6. The molecular formula is C19H22N2O2. The Kier molecular flexibility index (Phi) is 4.93. The van der Waals surface area contributed by atoms with Gasteiger partial charge in [-0.25, -0.2) is 0 Å². The Labute approximate surface area is 137 Å². The van der Waals surface area contributed by atoms with Crippen molar-refractivity contribution in [3.63, 3.8) is 0 Å². The third-order valence-electron chi connectivity index (χ3n) is 4.08. The SMILES string of the molecule is Cc1ccc(N2CCOCC2)cc1NC(=O)Cc1ccccc1. The van der Waals surface area contributed by atoms with Gasteiger partial charge in [0.15, 0.2) is 0 Å². The smallest absolute Gasteiger partial charge is 0.228 e. The molecule has 0 radical (unpaired) electrons. The van der Waals surface area contributed by atoms with Gasteiger partial charge in [0, 0.05) is 24.5 Å². The molecule has 1 N–H and O–H groups in total. The number of rotatable bonds is 4. The summed E-state index contributed by atoms with van der Waals surface area (Å²) >= 11 is 0. The van der Waals surface area contributed by atoms with Gasteiger partial charge in [0.05, 0.1) is 19.6 Å². The molecule has 0 atom stereocenters. The number of anilines is 2. The third kappa shape index (κ3) is 4.11. The lowest BCUT2D eigenvalue weighted by atomic mass is 10.1. The van der Waals surface area contributed by atoms with Crippen LogP contribution < -0.4 is 10.2 Å². The van der Waals surface area contributed by atoms with E-state index < -0.39 is 0 Å². The number of amides is 1. The number of hydrogen-bond donors (Lipinski definition) is 1. The predicted molar refractivity (Wildman–Crippen MR) is 93.0 cm³/mol. The van der Waals surface area contributed by atoms with Crippen molar-refractivity contribution in [2.75, 3.05) is 36.5 Å².